The van der Waals surface area contributed by atoms with Crippen molar-refractivity contribution in [2.45, 2.75) is 42.7 Å². The normalized spacial score (nSPS) is 28.6. The summed E-state index contributed by atoms with van der Waals surface area (Å²) in [6.07, 6.45) is 3.28. The topological polar surface area (TPSA) is 56.0 Å². The molecule has 1 saturated carbocycles. The Morgan fingerprint density at radius 2 is 2.10 bits per heavy atom. The lowest BCUT2D eigenvalue weighted by molar-refractivity contribution is 0.281. The molecule has 4 atom stereocenters. The first-order chi connectivity index (χ1) is 9.54. The highest BCUT2D eigenvalue weighted by molar-refractivity contribution is 7.88. The number of aromatic nitrogens is 1. The fourth-order valence-electron chi connectivity index (χ4n) is 2.84. The first-order valence-corrected chi connectivity index (χ1v) is 9.14. The number of hydrogen-bond donors (Lipinski definition) is 1. The van der Waals surface area contributed by atoms with E-state index in [-0.39, 0.29) is 5.25 Å². The predicted molar refractivity (Wildman–Crippen MR) is 86.4 cm³/mol. The highest BCUT2D eigenvalue weighted by Gasteiger charge is 2.30. The number of nitrogen functional groups attached to an aromatic ring is 1. The van der Waals surface area contributed by atoms with Gasteiger partial charge in [0.1, 0.15) is 0 Å². The smallest absolute Gasteiger partial charge is 0.182 e. The third-order valence-corrected chi connectivity index (χ3v) is 7.44. The van der Waals surface area contributed by atoms with Crippen molar-refractivity contribution < 1.29 is 4.21 Å². The molecule has 0 radical (unpaired) electrons. The van der Waals surface area contributed by atoms with Gasteiger partial charge in [-0.15, -0.1) is 11.3 Å². The van der Waals surface area contributed by atoms with Gasteiger partial charge in [-0.25, -0.2) is 4.98 Å². The standard InChI is InChI=1S/C15H20N2OS2/c1-9-3-5-12(7-10(9)2)20(18)15-17-13-6-4-11(16)8-14(13)19-15/h4,6,8-10,12H,3,5,7,16H2,1-2H3. The van der Waals surface area contributed by atoms with E-state index in [1.807, 2.05) is 18.2 Å². The van der Waals surface area contributed by atoms with E-state index in [0.717, 1.165) is 39.0 Å². The van der Waals surface area contributed by atoms with Crippen LogP contribution in [0.3, 0.4) is 0 Å². The molecule has 1 heterocycles. The maximum atomic E-state index is 12.7. The summed E-state index contributed by atoms with van der Waals surface area (Å²) in [4.78, 5) is 4.54. The average molecular weight is 308 g/mol. The van der Waals surface area contributed by atoms with Crippen molar-refractivity contribution in [1.82, 2.24) is 4.98 Å². The van der Waals surface area contributed by atoms with Gasteiger partial charge in [0.05, 0.1) is 21.0 Å². The summed E-state index contributed by atoms with van der Waals surface area (Å²) in [5, 5.41) is 0.263. The van der Waals surface area contributed by atoms with Crippen LogP contribution in [0.4, 0.5) is 5.69 Å². The van der Waals surface area contributed by atoms with E-state index in [2.05, 4.69) is 18.8 Å². The largest absolute Gasteiger partial charge is 0.399 e. The zero-order chi connectivity index (χ0) is 14.3. The Balaban J connectivity index is 1.85. The molecule has 1 aliphatic rings. The summed E-state index contributed by atoms with van der Waals surface area (Å²) in [7, 11) is -0.978. The lowest BCUT2D eigenvalue weighted by Gasteiger charge is -2.30. The number of nitrogens with two attached hydrogens (primary N) is 1. The Labute approximate surface area is 126 Å². The van der Waals surface area contributed by atoms with Crippen LogP contribution in [0.25, 0.3) is 10.2 Å². The minimum absolute atomic E-state index is 0.263. The van der Waals surface area contributed by atoms with Crippen LogP contribution >= 0.6 is 11.3 Å². The van der Waals surface area contributed by atoms with E-state index in [9.17, 15) is 4.21 Å². The molecular weight excluding hydrogens is 288 g/mol. The molecule has 3 rings (SSSR count). The van der Waals surface area contributed by atoms with Gasteiger partial charge in [-0.1, -0.05) is 13.8 Å². The second-order valence-corrected chi connectivity index (χ2v) is 8.83. The molecule has 1 aliphatic carbocycles. The van der Waals surface area contributed by atoms with Crippen LogP contribution in [0.15, 0.2) is 22.5 Å². The van der Waals surface area contributed by atoms with Gasteiger partial charge in [-0.3, -0.25) is 4.21 Å². The molecule has 0 aliphatic heterocycles. The molecule has 0 amide bonds. The van der Waals surface area contributed by atoms with E-state index in [1.165, 1.54) is 17.8 Å². The monoisotopic (exact) mass is 308 g/mol. The maximum absolute atomic E-state index is 12.7. The molecule has 1 fully saturated rings. The van der Waals surface area contributed by atoms with Crippen molar-refractivity contribution in [2.24, 2.45) is 11.8 Å². The van der Waals surface area contributed by atoms with Gasteiger partial charge in [0, 0.05) is 10.9 Å². The van der Waals surface area contributed by atoms with E-state index in [4.69, 9.17) is 5.73 Å². The SMILES string of the molecule is CC1CCC(S(=O)c2nc3ccc(N)cc3s2)CC1C. The fraction of sp³-hybridized carbons (Fsp3) is 0.533. The van der Waals surface area contributed by atoms with Gasteiger partial charge in [-0.2, -0.15) is 0 Å². The molecule has 1 aromatic carbocycles. The summed E-state index contributed by atoms with van der Waals surface area (Å²) < 4.78 is 14.5. The van der Waals surface area contributed by atoms with E-state index < -0.39 is 10.8 Å². The molecule has 0 spiro atoms. The van der Waals surface area contributed by atoms with Gasteiger partial charge in [0.15, 0.2) is 4.34 Å². The number of rotatable bonds is 2. The quantitative estimate of drug-likeness (QED) is 0.858. The van der Waals surface area contributed by atoms with Crippen LogP contribution < -0.4 is 5.73 Å². The Bertz CT molecular complexity index is 652. The van der Waals surface area contributed by atoms with Crippen LogP contribution in [0.2, 0.25) is 0 Å². The van der Waals surface area contributed by atoms with Crippen LogP contribution in [0.1, 0.15) is 33.1 Å². The van der Waals surface area contributed by atoms with E-state index in [1.54, 1.807) is 0 Å². The molecular formula is C15H20N2OS2. The zero-order valence-electron chi connectivity index (χ0n) is 11.8. The molecule has 5 heteroatoms. The Kier molecular flexibility index (Phi) is 3.82. The molecule has 3 nitrogen and oxygen atoms in total. The number of hydrogen-bond acceptors (Lipinski definition) is 4. The third kappa shape index (κ3) is 2.61. The van der Waals surface area contributed by atoms with Gasteiger partial charge >= 0.3 is 0 Å². The van der Waals surface area contributed by atoms with E-state index >= 15 is 0 Å². The maximum Gasteiger partial charge on any atom is 0.182 e. The highest BCUT2D eigenvalue weighted by Crippen LogP contribution is 2.35. The minimum atomic E-state index is -0.978. The third-order valence-electron chi connectivity index (χ3n) is 4.42. The molecule has 2 N–H and O–H groups in total. The molecule has 20 heavy (non-hydrogen) atoms. The summed E-state index contributed by atoms with van der Waals surface area (Å²) in [6, 6.07) is 5.67. The van der Waals surface area contributed by atoms with Gasteiger partial charge in [0.25, 0.3) is 0 Å². The first kappa shape index (κ1) is 14.0. The summed E-state index contributed by atoms with van der Waals surface area (Å²) in [5.74, 6) is 1.40. The molecule has 0 bridgehead atoms. The van der Waals surface area contributed by atoms with Crippen molar-refractivity contribution in [1.29, 1.82) is 0 Å². The number of anilines is 1. The second-order valence-electron chi connectivity index (χ2n) is 5.89. The number of thiazole rings is 1. The first-order valence-electron chi connectivity index (χ1n) is 7.11. The number of nitrogens with zero attached hydrogens (tertiary/aromatic N) is 1. The van der Waals surface area contributed by atoms with Gasteiger partial charge in [-0.05, 0) is 49.3 Å². The minimum Gasteiger partial charge on any atom is -0.399 e. The molecule has 0 saturated heterocycles. The van der Waals surface area contributed by atoms with Crippen LogP contribution in [-0.4, -0.2) is 14.4 Å². The number of benzene rings is 1. The van der Waals surface area contributed by atoms with Crippen LogP contribution in [-0.2, 0) is 10.8 Å². The van der Waals surface area contributed by atoms with Gasteiger partial charge < -0.3 is 5.73 Å². The summed E-state index contributed by atoms with van der Waals surface area (Å²) in [5.41, 5.74) is 7.43. The predicted octanol–water partition coefficient (Wildman–Crippen LogP) is 3.81. The summed E-state index contributed by atoms with van der Waals surface area (Å²) in [6.45, 7) is 4.57. The second kappa shape index (κ2) is 5.45. The Morgan fingerprint density at radius 3 is 2.85 bits per heavy atom. The highest BCUT2D eigenvalue weighted by atomic mass is 32.2. The average Bonchev–Trinajstić information content (AvgIpc) is 2.84. The molecule has 1 aromatic heterocycles. The fourth-order valence-corrected chi connectivity index (χ4v) is 5.89. The van der Waals surface area contributed by atoms with Crippen molar-refractivity contribution in [2.75, 3.05) is 5.73 Å². The lowest BCUT2D eigenvalue weighted by atomic mass is 9.81. The number of fused-ring (bicyclic) bond motifs is 1. The van der Waals surface area contributed by atoms with Crippen molar-refractivity contribution in [3.05, 3.63) is 18.2 Å². The Hall–Kier alpha value is -0.940. The van der Waals surface area contributed by atoms with Crippen LogP contribution in [0.5, 0.6) is 0 Å². The van der Waals surface area contributed by atoms with E-state index in [0.29, 0.717) is 5.92 Å². The lowest BCUT2D eigenvalue weighted by Crippen LogP contribution is -2.27. The van der Waals surface area contributed by atoms with Crippen LogP contribution in [0, 0.1) is 11.8 Å². The van der Waals surface area contributed by atoms with Gasteiger partial charge in [0.2, 0.25) is 0 Å². The zero-order valence-corrected chi connectivity index (χ0v) is 13.5. The van der Waals surface area contributed by atoms with Crippen molar-refractivity contribution >= 4 is 38.0 Å². The summed E-state index contributed by atoms with van der Waals surface area (Å²) >= 11 is 1.52. The van der Waals surface area contributed by atoms with Crippen molar-refractivity contribution in [3.63, 3.8) is 0 Å². The van der Waals surface area contributed by atoms with Crippen molar-refractivity contribution in [3.8, 4) is 0 Å². The molecule has 4 unspecified atom stereocenters. The molecule has 2 aromatic rings. The Morgan fingerprint density at radius 1 is 1.30 bits per heavy atom. The molecule has 108 valence electrons.